The molecular weight excluding hydrogens is 412 g/mol. The third-order valence-corrected chi connectivity index (χ3v) is 5.24. The van der Waals surface area contributed by atoms with Crippen molar-refractivity contribution in [2.45, 2.75) is 19.9 Å². The van der Waals surface area contributed by atoms with Crippen LogP contribution in [0.3, 0.4) is 0 Å². The van der Waals surface area contributed by atoms with Crippen LogP contribution >= 0.6 is 11.3 Å². The third kappa shape index (κ3) is 6.29. The fraction of sp³-hybridized carbons (Fsp3) is 0.261. The van der Waals surface area contributed by atoms with Gasteiger partial charge in [-0.25, -0.2) is 4.98 Å². The maximum Gasteiger partial charge on any atom is 0.274 e. The summed E-state index contributed by atoms with van der Waals surface area (Å²) in [5, 5.41) is 8.29. The van der Waals surface area contributed by atoms with Crippen LogP contribution < -0.4 is 15.4 Å². The first-order chi connectivity index (χ1) is 15.1. The molecule has 3 aromatic rings. The fourth-order valence-electron chi connectivity index (χ4n) is 2.95. The Morgan fingerprint density at radius 1 is 1.10 bits per heavy atom. The van der Waals surface area contributed by atoms with Crippen LogP contribution in [-0.4, -0.2) is 41.9 Å². The van der Waals surface area contributed by atoms with Gasteiger partial charge >= 0.3 is 0 Å². The molecule has 2 amide bonds. The van der Waals surface area contributed by atoms with Crippen molar-refractivity contribution >= 4 is 34.0 Å². The summed E-state index contributed by atoms with van der Waals surface area (Å²) >= 11 is 1.32. The van der Waals surface area contributed by atoms with Crippen molar-refractivity contribution in [2.24, 2.45) is 0 Å². The first kappa shape index (κ1) is 22.3. The average Bonchev–Trinajstić information content (AvgIpc) is 3.26. The van der Waals surface area contributed by atoms with Crippen molar-refractivity contribution in [3.63, 3.8) is 0 Å². The van der Waals surface area contributed by atoms with Gasteiger partial charge in [0.2, 0.25) is 5.91 Å². The van der Waals surface area contributed by atoms with E-state index in [0.717, 1.165) is 17.7 Å². The van der Waals surface area contributed by atoms with Crippen molar-refractivity contribution in [1.29, 1.82) is 0 Å². The number of benzene rings is 2. The number of methoxy groups -OCH3 is 1. The van der Waals surface area contributed by atoms with Gasteiger partial charge in [-0.1, -0.05) is 49.4 Å². The van der Waals surface area contributed by atoms with E-state index in [-0.39, 0.29) is 18.4 Å². The van der Waals surface area contributed by atoms with Gasteiger partial charge in [0.15, 0.2) is 5.13 Å². The standard InChI is InChI=1S/C23H26N4O3S/c1-3-13-24-21(28)15-27(14-17-9-5-4-6-10-17)22(29)19-16-31-23(26-19)25-18-11-7-8-12-20(18)30-2/h4-12,16H,3,13-15H2,1-2H3,(H,24,28)(H,25,26). The Kier molecular flexibility index (Phi) is 8.00. The van der Waals surface area contributed by atoms with Crippen LogP contribution in [0.15, 0.2) is 60.0 Å². The minimum absolute atomic E-state index is 0.0273. The predicted octanol–water partition coefficient (Wildman–Crippen LogP) is 4.06. The lowest BCUT2D eigenvalue weighted by molar-refractivity contribution is -0.121. The Morgan fingerprint density at radius 2 is 1.84 bits per heavy atom. The highest BCUT2D eigenvalue weighted by Gasteiger charge is 2.22. The number of rotatable bonds is 10. The molecule has 0 bridgehead atoms. The number of para-hydroxylation sites is 2. The molecule has 0 atom stereocenters. The van der Waals surface area contributed by atoms with Crippen LogP contribution in [0.5, 0.6) is 5.75 Å². The van der Waals surface area contributed by atoms with Gasteiger partial charge in [0, 0.05) is 18.5 Å². The number of nitrogens with zero attached hydrogens (tertiary/aromatic N) is 2. The van der Waals surface area contributed by atoms with Crippen LogP contribution in [0.2, 0.25) is 0 Å². The number of hydrogen-bond acceptors (Lipinski definition) is 6. The summed E-state index contributed by atoms with van der Waals surface area (Å²) in [6, 6.07) is 17.1. The number of thiazole rings is 1. The van der Waals surface area contributed by atoms with E-state index in [0.29, 0.717) is 29.7 Å². The minimum Gasteiger partial charge on any atom is -0.495 e. The number of carbonyl (C=O) groups excluding carboxylic acids is 2. The van der Waals surface area contributed by atoms with Gasteiger partial charge in [-0.15, -0.1) is 11.3 Å². The summed E-state index contributed by atoms with van der Waals surface area (Å²) in [5.74, 6) is 0.206. The van der Waals surface area contributed by atoms with Gasteiger partial charge in [-0.3, -0.25) is 9.59 Å². The zero-order valence-corrected chi connectivity index (χ0v) is 18.4. The Hall–Kier alpha value is -3.39. The van der Waals surface area contributed by atoms with Crippen molar-refractivity contribution < 1.29 is 14.3 Å². The van der Waals surface area contributed by atoms with Crippen LogP contribution in [-0.2, 0) is 11.3 Å². The van der Waals surface area contributed by atoms with Crippen molar-refractivity contribution in [3.05, 3.63) is 71.2 Å². The second-order valence-electron chi connectivity index (χ2n) is 6.86. The maximum atomic E-state index is 13.2. The number of carbonyl (C=O) groups is 2. The van der Waals surface area contributed by atoms with E-state index in [1.165, 1.54) is 16.2 Å². The molecule has 1 heterocycles. The summed E-state index contributed by atoms with van der Waals surface area (Å²) in [7, 11) is 1.60. The highest BCUT2D eigenvalue weighted by molar-refractivity contribution is 7.14. The number of ether oxygens (including phenoxy) is 1. The minimum atomic E-state index is -0.292. The molecule has 0 fully saturated rings. The molecule has 0 aliphatic carbocycles. The molecule has 0 aliphatic heterocycles. The molecule has 0 saturated carbocycles. The largest absolute Gasteiger partial charge is 0.495 e. The molecule has 2 aromatic carbocycles. The second kappa shape index (κ2) is 11.1. The van der Waals surface area contributed by atoms with Crippen molar-refractivity contribution in [1.82, 2.24) is 15.2 Å². The van der Waals surface area contributed by atoms with Crippen LogP contribution in [0.25, 0.3) is 0 Å². The second-order valence-corrected chi connectivity index (χ2v) is 7.72. The van der Waals surface area contributed by atoms with Gasteiger partial charge in [0.05, 0.1) is 12.8 Å². The topological polar surface area (TPSA) is 83.6 Å². The Morgan fingerprint density at radius 3 is 2.58 bits per heavy atom. The number of aromatic nitrogens is 1. The summed E-state index contributed by atoms with van der Waals surface area (Å²) < 4.78 is 5.35. The van der Waals surface area contributed by atoms with Crippen LogP contribution in [0, 0.1) is 0 Å². The quantitative estimate of drug-likeness (QED) is 0.499. The van der Waals surface area contributed by atoms with E-state index in [1.807, 2.05) is 61.5 Å². The third-order valence-electron chi connectivity index (χ3n) is 4.48. The molecule has 1 aromatic heterocycles. The Labute approximate surface area is 186 Å². The van der Waals surface area contributed by atoms with E-state index in [4.69, 9.17) is 4.74 Å². The molecule has 0 unspecified atom stereocenters. The van der Waals surface area contributed by atoms with Gasteiger partial charge in [0.25, 0.3) is 5.91 Å². The average molecular weight is 439 g/mol. The van der Waals surface area contributed by atoms with Gasteiger partial charge in [0.1, 0.15) is 18.0 Å². The molecule has 7 nitrogen and oxygen atoms in total. The summed E-state index contributed by atoms with van der Waals surface area (Å²) in [4.78, 5) is 31.4. The summed E-state index contributed by atoms with van der Waals surface area (Å²) in [6.45, 7) is 2.86. The van der Waals surface area contributed by atoms with Gasteiger partial charge in [-0.05, 0) is 24.1 Å². The highest BCUT2D eigenvalue weighted by atomic mass is 32.1. The highest BCUT2D eigenvalue weighted by Crippen LogP contribution is 2.28. The Balaban J connectivity index is 1.76. The smallest absolute Gasteiger partial charge is 0.274 e. The number of nitrogens with one attached hydrogen (secondary N) is 2. The van der Waals surface area contributed by atoms with Crippen LogP contribution in [0.1, 0.15) is 29.4 Å². The van der Waals surface area contributed by atoms with Crippen molar-refractivity contribution in [2.75, 3.05) is 25.5 Å². The fourth-order valence-corrected chi connectivity index (χ4v) is 3.65. The molecule has 0 spiro atoms. The molecule has 0 saturated heterocycles. The maximum absolute atomic E-state index is 13.2. The zero-order valence-electron chi connectivity index (χ0n) is 17.6. The van der Waals surface area contributed by atoms with E-state index < -0.39 is 0 Å². The summed E-state index contributed by atoms with van der Waals surface area (Å²) in [5.41, 5.74) is 2.00. The molecule has 31 heavy (non-hydrogen) atoms. The lowest BCUT2D eigenvalue weighted by Gasteiger charge is -2.21. The SMILES string of the molecule is CCCNC(=O)CN(Cc1ccccc1)C(=O)c1csc(Nc2ccccc2OC)n1. The Bertz CT molecular complexity index is 1010. The normalized spacial score (nSPS) is 10.4. The van der Waals surface area contributed by atoms with Crippen molar-refractivity contribution in [3.8, 4) is 5.75 Å². The monoisotopic (exact) mass is 438 g/mol. The summed E-state index contributed by atoms with van der Waals surface area (Å²) in [6.07, 6.45) is 0.836. The molecule has 2 N–H and O–H groups in total. The number of amides is 2. The van der Waals surface area contributed by atoms with E-state index in [9.17, 15) is 9.59 Å². The lowest BCUT2D eigenvalue weighted by Crippen LogP contribution is -2.40. The first-order valence-corrected chi connectivity index (χ1v) is 10.9. The lowest BCUT2D eigenvalue weighted by atomic mass is 10.2. The number of hydrogen-bond donors (Lipinski definition) is 2. The van der Waals surface area contributed by atoms with E-state index in [1.54, 1.807) is 12.5 Å². The first-order valence-electron chi connectivity index (χ1n) is 10.1. The van der Waals surface area contributed by atoms with Crippen LogP contribution in [0.4, 0.5) is 10.8 Å². The zero-order chi connectivity index (χ0) is 22.1. The molecule has 0 aliphatic rings. The number of anilines is 2. The van der Waals surface area contributed by atoms with E-state index >= 15 is 0 Å². The molecule has 8 heteroatoms. The predicted molar refractivity (Wildman–Crippen MR) is 123 cm³/mol. The van der Waals surface area contributed by atoms with Gasteiger partial charge in [-0.2, -0.15) is 0 Å². The van der Waals surface area contributed by atoms with E-state index in [2.05, 4.69) is 15.6 Å². The molecule has 3 rings (SSSR count). The molecule has 162 valence electrons. The van der Waals surface area contributed by atoms with Gasteiger partial charge < -0.3 is 20.3 Å². The molecular formula is C23H26N4O3S. The molecule has 0 radical (unpaired) electrons.